The summed E-state index contributed by atoms with van der Waals surface area (Å²) >= 11 is 6.00. The molecule has 1 saturated carbocycles. The molecule has 1 heterocycles. The third kappa shape index (κ3) is 5.03. The van der Waals surface area contributed by atoms with Crippen LogP contribution in [0.5, 0.6) is 0 Å². The predicted molar refractivity (Wildman–Crippen MR) is 118 cm³/mol. The first-order valence-electron chi connectivity index (χ1n) is 9.07. The molecule has 1 aromatic rings. The number of hydrogen-bond donors (Lipinski definition) is 2. The lowest BCUT2D eigenvalue weighted by atomic mass is 9.96. The number of rotatable bonds is 5. The van der Waals surface area contributed by atoms with E-state index in [1.165, 1.54) is 18.4 Å². The Morgan fingerprint density at radius 2 is 2.04 bits per heavy atom. The number of carbonyl (C=O) groups excluding carboxylic acids is 1. The third-order valence-electron chi connectivity index (χ3n) is 5.31. The topological polar surface area (TPSA) is 56.7 Å². The van der Waals surface area contributed by atoms with Crippen molar-refractivity contribution in [1.82, 2.24) is 15.5 Å². The Hall–Kier alpha value is -1.02. The third-order valence-corrected chi connectivity index (χ3v) is 5.56. The summed E-state index contributed by atoms with van der Waals surface area (Å²) in [5.74, 6) is 1.04. The molecule has 1 aliphatic heterocycles. The van der Waals surface area contributed by atoms with Crippen molar-refractivity contribution in [3.05, 3.63) is 34.9 Å². The van der Waals surface area contributed by atoms with E-state index in [2.05, 4.69) is 27.8 Å². The molecule has 0 aromatic heterocycles. The van der Waals surface area contributed by atoms with E-state index < -0.39 is 0 Å². The Labute approximate surface area is 178 Å². The van der Waals surface area contributed by atoms with E-state index in [1.807, 2.05) is 24.0 Å². The number of hydrogen-bond acceptors (Lipinski definition) is 2. The first-order valence-corrected chi connectivity index (χ1v) is 9.45. The van der Waals surface area contributed by atoms with Crippen LogP contribution < -0.4 is 10.6 Å². The molecule has 0 radical (unpaired) electrons. The molecule has 0 bridgehead atoms. The minimum absolute atomic E-state index is 0. The smallest absolute Gasteiger partial charge is 0.222 e. The normalized spacial score (nSPS) is 21.1. The number of likely N-dealkylation sites (tertiary alicyclic amines) is 1. The number of nitrogens with one attached hydrogen (secondary N) is 2. The van der Waals surface area contributed by atoms with Crippen molar-refractivity contribution in [2.24, 2.45) is 4.99 Å². The molecule has 5 nitrogen and oxygen atoms in total. The van der Waals surface area contributed by atoms with E-state index in [4.69, 9.17) is 11.6 Å². The van der Waals surface area contributed by atoms with Crippen LogP contribution in [-0.4, -0.2) is 49.5 Å². The largest absolute Gasteiger partial charge is 0.356 e. The van der Waals surface area contributed by atoms with Crippen molar-refractivity contribution >= 4 is 47.4 Å². The Kier molecular flexibility index (Phi) is 7.58. The first-order chi connectivity index (χ1) is 12.1. The maximum Gasteiger partial charge on any atom is 0.222 e. The fraction of sp³-hybridized carbons (Fsp3) is 0.579. The summed E-state index contributed by atoms with van der Waals surface area (Å²) in [7, 11) is 1.79. The summed E-state index contributed by atoms with van der Waals surface area (Å²) in [6, 6.07) is 8.44. The molecule has 1 unspecified atom stereocenters. The summed E-state index contributed by atoms with van der Waals surface area (Å²) < 4.78 is 0. The summed E-state index contributed by atoms with van der Waals surface area (Å²) in [4.78, 5) is 18.1. The molecule has 2 aliphatic rings. The highest BCUT2D eigenvalue weighted by atomic mass is 127. The van der Waals surface area contributed by atoms with Crippen molar-refractivity contribution in [2.75, 3.05) is 26.7 Å². The van der Waals surface area contributed by atoms with Crippen molar-refractivity contribution in [3.8, 4) is 0 Å². The highest BCUT2D eigenvalue weighted by Crippen LogP contribution is 2.47. The van der Waals surface area contributed by atoms with Crippen molar-refractivity contribution in [1.29, 1.82) is 0 Å². The summed E-state index contributed by atoms with van der Waals surface area (Å²) in [6.45, 7) is 4.36. The predicted octanol–water partition coefficient (Wildman–Crippen LogP) is 3.17. The molecule has 3 rings (SSSR count). The van der Waals surface area contributed by atoms with Crippen molar-refractivity contribution in [3.63, 3.8) is 0 Å². The lowest BCUT2D eigenvalue weighted by Gasteiger charge is -2.22. The van der Waals surface area contributed by atoms with Gasteiger partial charge in [-0.15, -0.1) is 24.0 Å². The molecule has 1 saturated heterocycles. The molecule has 1 amide bonds. The van der Waals surface area contributed by atoms with Crippen LogP contribution in [0.3, 0.4) is 0 Å². The van der Waals surface area contributed by atoms with E-state index in [-0.39, 0.29) is 41.3 Å². The van der Waals surface area contributed by atoms with Crippen molar-refractivity contribution < 1.29 is 4.79 Å². The first kappa shape index (κ1) is 21.3. The second kappa shape index (κ2) is 9.26. The molecule has 2 N–H and O–H groups in total. The van der Waals surface area contributed by atoms with Gasteiger partial charge in [-0.2, -0.15) is 0 Å². The van der Waals surface area contributed by atoms with Crippen LogP contribution in [0.25, 0.3) is 0 Å². The van der Waals surface area contributed by atoms with Gasteiger partial charge in [-0.05, 0) is 37.0 Å². The van der Waals surface area contributed by atoms with E-state index in [0.717, 1.165) is 37.0 Å². The van der Waals surface area contributed by atoms with Gasteiger partial charge in [0, 0.05) is 49.6 Å². The zero-order chi connectivity index (χ0) is 17.9. The van der Waals surface area contributed by atoms with Gasteiger partial charge in [0.2, 0.25) is 5.91 Å². The van der Waals surface area contributed by atoms with Gasteiger partial charge in [-0.3, -0.25) is 9.79 Å². The fourth-order valence-electron chi connectivity index (χ4n) is 3.49. The number of carbonyl (C=O) groups is 1. The van der Waals surface area contributed by atoms with Crippen LogP contribution in [0.4, 0.5) is 0 Å². The van der Waals surface area contributed by atoms with Gasteiger partial charge in [-0.25, -0.2) is 0 Å². The number of guanidine groups is 1. The van der Waals surface area contributed by atoms with Crippen LogP contribution in [-0.2, 0) is 10.2 Å². The number of halogens is 2. The molecular formula is C19H28ClIN4O. The Balaban J connectivity index is 0.00000243. The van der Waals surface area contributed by atoms with Gasteiger partial charge in [0.05, 0.1) is 0 Å². The maximum atomic E-state index is 11.8. The van der Waals surface area contributed by atoms with Gasteiger partial charge in [0.1, 0.15) is 0 Å². The van der Waals surface area contributed by atoms with Crippen LogP contribution in [0.1, 0.15) is 38.2 Å². The highest BCUT2D eigenvalue weighted by Gasteiger charge is 2.44. The molecule has 2 fully saturated rings. The standard InChI is InChI=1S/C19H27ClN4O.HI/c1-3-17(25)24-11-8-16(12-24)23-18(21-2)22-13-19(9-10-19)14-4-6-15(20)7-5-14;/h4-7,16H,3,8-13H2,1-2H3,(H2,21,22,23);1H. The summed E-state index contributed by atoms with van der Waals surface area (Å²) in [6.07, 6.45) is 3.90. The molecule has 144 valence electrons. The average Bonchev–Trinajstić information content (AvgIpc) is 3.28. The van der Waals surface area contributed by atoms with Gasteiger partial charge < -0.3 is 15.5 Å². The Morgan fingerprint density at radius 3 is 2.62 bits per heavy atom. The molecular weight excluding hydrogens is 463 g/mol. The van der Waals surface area contributed by atoms with Crippen LogP contribution >= 0.6 is 35.6 Å². The van der Waals surface area contributed by atoms with Gasteiger partial charge in [0.15, 0.2) is 5.96 Å². The van der Waals surface area contributed by atoms with Gasteiger partial charge in [-0.1, -0.05) is 30.7 Å². The lowest BCUT2D eigenvalue weighted by Crippen LogP contribution is -2.47. The number of aliphatic imine (C=N–C) groups is 1. The average molecular weight is 491 g/mol. The van der Waals surface area contributed by atoms with E-state index in [0.29, 0.717) is 6.42 Å². The minimum Gasteiger partial charge on any atom is -0.356 e. The molecule has 1 aliphatic carbocycles. The Morgan fingerprint density at radius 1 is 1.35 bits per heavy atom. The Bertz CT molecular complexity index is 645. The SMILES string of the molecule is CCC(=O)N1CCC(NC(=NC)NCC2(c3ccc(Cl)cc3)CC2)C1.I. The molecule has 1 atom stereocenters. The quantitative estimate of drug-likeness (QED) is 0.379. The zero-order valence-corrected chi connectivity index (χ0v) is 18.5. The molecule has 1 aromatic carbocycles. The highest BCUT2D eigenvalue weighted by molar-refractivity contribution is 14.0. The monoisotopic (exact) mass is 490 g/mol. The molecule has 7 heteroatoms. The second-order valence-electron chi connectivity index (χ2n) is 7.04. The maximum absolute atomic E-state index is 11.8. The number of amides is 1. The number of benzene rings is 1. The second-order valence-corrected chi connectivity index (χ2v) is 7.47. The van der Waals surface area contributed by atoms with E-state index in [9.17, 15) is 4.79 Å². The van der Waals surface area contributed by atoms with Gasteiger partial charge >= 0.3 is 0 Å². The summed E-state index contributed by atoms with van der Waals surface area (Å²) in [5.41, 5.74) is 1.53. The lowest BCUT2D eigenvalue weighted by molar-refractivity contribution is -0.129. The van der Waals surface area contributed by atoms with Crippen LogP contribution in [0, 0.1) is 0 Å². The minimum atomic E-state index is 0. The van der Waals surface area contributed by atoms with Crippen LogP contribution in [0.15, 0.2) is 29.3 Å². The fourth-order valence-corrected chi connectivity index (χ4v) is 3.62. The van der Waals surface area contributed by atoms with Crippen molar-refractivity contribution in [2.45, 2.75) is 44.1 Å². The molecule has 26 heavy (non-hydrogen) atoms. The van der Waals surface area contributed by atoms with Crippen LogP contribution in [0.2, 0.25) is 5.02 Å². The van der Waals surface area contributed by atoms with Gasteiger partial charge in [0.25, 0.3) is 0 Å². The van der Waals surface area contributed by atoms with E-state index >= 15 is 0 Å². The summed E-state index contributed by atoms with van der Waals surface area (Å²) in [5, 5.41) is 7.71. The molecule has 0 spiro atoms. The zero-order valence-electron chi connectivity index (χ0n) is 15.4. The van der Waals surface area contributed by atoms with E-state index in [1.54, 1.807) is 7.05 Å². The number of nitrogens with zero attached hydrogens (tertiary/aromatic N) is 2.